The first kappa shape index (κ1) is 12.6. The van der Waals surface area contributed by atoms with Crippen LogP contribution < -0.4 is 0 Å². The third-order valence-electron chi connectivity index (χ3n) is 1.51. The van der Waals surface area contributed by atoms with Gasteiger partial charge in [-0.3, -0.25) is 0 Å². The lowest BCUT2D eigenvalue weighted by atomic mass is 10.2. The van der Waals surface area contributed by atoms with Crippen molar-refractivity contribution < 1.29 is 4.79 Å². The Balaban J connectivity index is 3.28. The number of nitrogens with zero attached hydrogens (tertiary/aromatic N) is 1. The van der Waals surface area contributed by atoms with Crippen LogP contribution in [0.1, 0.15) is 5.56 Å². The third kappa shape index (κ3) is 2.76. The van der Waals surface area contributed by atoms with E-state index in [9.17, 15) is 4.79 Å². The third-order valence-corrected chi connectivity index (χ3v) is 5.61. The van der Waals surface area contributed by atoms with Crippen molar-refractivity contribution in [2.24, 2.45) is 4.99 Å². The highest BCUT2D eigenvalue weighted by Gasteiger charge is 2.11. The number of rotatable bonds is 2. The Morgan fingerprint density at radius 1 is 1.14 bits per heavy atom. The molecule has 0 aliphatic heterocycles. The number of aliphatic imine (C=N–C) groups is 1. The van der Waals surface area contributed by atoms with Crippen LogP contribution in [0, 0.1) is 0 Å². The van der Waals surface area contributed by atoms with Gasteiger partial charge in [0.15, 0.2) is 0 Å². The van der Waals surface area contributed by atoms with Gasteiger partial charge in [-0.1, -0.05) is 15.9 Å². The molecule has 1 rings (SSSR count). The minimum atomic E-state index is 0.302. The summed E-state index contributed by atoms with van der Waals surface area (Å²) in [5.74, 6) is 0. The fourth-order valence-corrected chi connectivity index (χ4v) is 3.59. The van der Waals surface area contributed by atoms with Crippen LogP contribution in [0.25, 0.3) is 0 Å². The number of benzene rings is 1. The number of halogens is 4. The molecule has 0 aromatic heterocycles. The lowest BCUT2D eigenvalue weighted by Crippen LogP contribution is -1.88. The van der Waals surface area contributed by atoms with Gasteiger partial charge < -0.3 is 0 Å². The molecule has 0 aliphatic carbocycles. The molecule has 0 atom stereocenters. The summed E-state index contributed by atoms with van der Waals surface area (Å²) >= 11 is 13.6. The Hall–Kier alpha value is 0.520. The average molecular weight is 449 g/mol. The Kier molecular flexibility index (Phi) is 5.00. The zero-order chi connectivity index (χ0) is 10.7. The quantitative estimate of drug-likeness (QED) is 0.282. The minimum Gasteiger partial charge on any atom is -0.211 e. The maximum absolute atomic E-state index is 10.0. The Morgan fingerprint density at radius 2 is 1.79 bits per heavy atom. The normalized spacial score (nSPS) is 9.71. The van der Waals surface area contributed by atoms with Crippen LogP contribution in [0.5, 0.6) is 0 Å². The fourth-order valence-electron chi connectivity index (χ4n) is 0.860. The lowest BCUT2D eigenvalue weighted by molar-refractivity contribution is 0.562. The van der Waals surface area contributed by atoms with Crippen LogP contribution in [-0.4, -0.2) is 6.08 Å². The van der Waals surface area contributed by atoms with Gasteiger partial charge in [0.1, 0.15) is 0 Å². The van der Waals surface area contributed by atoms with E-state index < -0.39 is 0 Å². The zero-order valence-corrected chi connectivity index (χ0v) is 13.0. The molecule has 0 saturated heterocycles. The van der Waals surface area contributed by atoms with Crippen LogP contribution in [0.4, 0.5) is 0 Å². The lowest BCUT2D eigenvalue weighted by Gasteiger charge is -2.07. The summed E-state index contributed by atoms with van der Waals surface area (Å²) in [4.78, 5) is 13.5. The van der Waals surface area contributed by atoms with Gasteiger partial charge in [-0.15, -0.1) is 0 Å². The number of hydrogen-bond donors (Lipinski definition) is 0. The summed E-state index contributed by atoms with van der Waals surface area (Å²) in [5.41, 5.74) is 0.906. The Morgan fingerprint density at radius 3 is 2.36 bits per heavy atom. The summed E-state index contributed by atoms with van der Waals surface area (Å²) in [6.45, 7) is 0.302. The highest BCUT2D eigenvalue weighted by molar-refractivity contribution is 9.14. The summed E-state index contributed by atoms with van der Waals surface area (Å²) in [5, 5.41) is 0. The van der Waals surface area contributed by atoms with E-state index in [0.717, 1.165) is 23.5 Å². The molecule has 14 heavy (non-hydrogen) atoms. The largest absolute Gasteiger partial charge is 0.235 e. The monoisotopic (exact) mass is 445 g/mol. The second kappa shape index (κ2) is 5.56. The van der Waals surface area contributed by atoms with Gasteiger partial charge >= 0.3 is 0 Å². The number of hydrogen-bond acceptors (Lipinski definition) is 2. The molecule has 0 aliphatic rings. The zero-order valence-electron chi connectivity index (χ0n) is 6.65. The highest BCUT2D eigenvalue weighted by atomic mass is 79.9. The average Bonchev–Trinajstić information content (AvgIpc) is 2.14. The van der Waals surface area contributed by atoms with E-state index in [4.69, 9.17) is 0 Å². The molecule has 0 amide bonds. The number of carbonyl (C=O) groups excluding carboxylic acids is 1. The van der Waals surface area contributed by atoms with Crippen LogP contribution in [0.3, 0.4) is 0 Å². The van der Waals surface area contributed by atoms with E-state index in [1.54, 1.807) is 0 Å². The minimum absolute atomic E-state index is 0.302. The second-order valence-corrected chi connectivity index (χ2v) is 5.65. The van der Waals surface area contributed by atoms with E-state index in [0.29, 0.717) is 6.54 Å². The molecule has 0 unspecified atom stereocenters. The molecule has 6 heteroatoms. The predicted octanol–water partition coefficient (Wildman–Crippen LogP) is 4.57. The first-order chi connectivity index (χ1) is 6.57. The van der Waals surface area contributed by atoms with Crippen molar-refractivity contribution in [3.63, 3.8) is 0 Å². The van der Waals surface area contributed by atoms with Gasteiger partial charge in [0.25, 0.3) is 0 Å². The molecule has 0 fully saturated rings. The van der Waals surface area contributed by atoms with Crippen LogP contribution in [0.2, 0.25) is 0 Å². The SMILES string of the molecule is O=C=NCc1c(Br)cc(Br)c(Br)c1Br. The van der Waals surface area contributed by atoms with Crippen LogP contribution in [-0.2, 0) is 11.3 Å². The van der Waals surface area contributed by atoms with E-state index in [1.165, 1.54) is 6.08 Å². The molecule has 2 nitrogen and oxygen atoms in total. The van der Waals surface area contributed by atoms with E-state index in [2.05, 4.69) is 68.7 Å². The van der Waals surface area contributed by atoms with Gasteiger partial charge in [-0.05, 0) is 53.9 Å². The smallest absolute Gasteiger partial charge is 0.211 e. The van der Waals surface area contributed by atoms with E-state index >= 15 is 0 Å². The van der Waals surface area contributed by atoms with E-state index in [1.807, 2.05) is 6.07 Å². The topological polar surface area (TPSA) is 29.4 Å². The summed E-state index contributed by atoms with van der Waals surface area (Å²) in [6, 6.07) is 1.89. The van der Waals surface area contributed by atoms with Crippen molar-refractivity contribution in [1.29, 1.82) is 0 Å². The van der Waals surface area contributed by atoms with E-state index in [-0.39, 0.29) is 0 Å². The molecule has 1 aromatic rings. The van der Waals surface area contributed by atoms with Crippen molar-refractivity contribution in [1.82, 2.24) is 0 Å². The molecule has 0 saturated carbocycles. The van der Waals surface area contributed by atoms with Gasteiger partial charge in [0.05, 0.1) is 6.54 Å². The van der Waals surface area contributed by atoms with Crippen molar-refractivity contribution in [3.05, 3.63) is 29.5 Å². The summed E-state index contributed by atoms with van der Waals surface area (Å²) in [7, 11) is 0. The standard InChI is InChI=1S/C8H3Br4NO/c9-5-1-6(10)8(12)7(11)4(5)2-13-3-14/h1H,2H2. The summed E-state index contributed by atoms with van der Waals surface area (Å²) < 4.78 is 3.59. The van der Waals surface area contributed by atoms with Gasteiger partial charge in [-0.25, -0.2) is 9.79 Å². The molecule has 0 radical (unpaired) electrons. The molecule has 0 spiro atoms. The van der Waals surface area contributed by atoms with Crippen molar-refractivity contribution in [2.75, 3.05) is 0 Å². The fraction of sp³-hybridized carbons (Fsp3) is 0.125. The molecule has 0 bridgehead atoms. The second-order valence-electron chi connectivity index (χ2n) is 2.35. The molecular formula is C8H3Br4NO. The van der Waals surface area contributed by atoms with Crippen LogP contribution >= 0.6 is 63.7 Å². The van der Waals surface area contributed by atoms with Crippen molar-refractivity contribution in [3.8, 4) is 0 Å². The van der Waals surface area contributed by atoms with Crippen LogP contribution in [0.15, 0.2) is 28.9 Å². The molecule has 1 aromatic carbocycles. The molecule has 0 heterocycles. The maximum atomic E-state index is 10.0. The first-order valence-corrected chi connectivity index (χ1v) is 6.60. The Labute approximate surface area is 115 Å². The maximum Gasteiger partial charge on any atom is 0.235 e. The number of isocyanates is 1. The predicted molar refractivity (Wildman–Crippen MR) is 69.1 cm³/mol. The highest BCUT2D eigenvalue weighted by Crippen LogP contribution is 2.38. The molecular weight excluding hydrogens is 446 g/mol. The molecule has 0 N–H and O–H groups in total. The van der Waals surface area contributed by atoms with Gasteiger partial charge in [0, 0.05) is 23.5 Å². The van der Waals surface area contributed by atoms with Gasteiger partial charge in [-0.2, -0.15) is 0 Å². The molecule has 74 valence electrons. The Bertz CT molecular complexity index is 412. The van der Waals surface area contributed by atoms with Crippen molar-refractivity contribution >= 4 is 69.8 Å². The van der Waals surface area contributed by atoms with Gasteiger partial charge in [0.2, 0.25) is 6.08 Å². The van der Waals surface area contributed by atoms with Crippen molar-refractivity contribution in [2.45, 2.75) is 6.54 Å². The first-order valence-electron chi connectivity index (χ1n) is 3.43. The summed E-state index contributed by atoms with van der Waals surface area (Å²) in [6.07, 6.45) is 1.51.